The standard InChI is InChI=1S/C12H8F2O2S/c1-6-2-3-7(11(14)10(6)13)8-4-5-9(17-8)12(15)16/h2-5H,1H3,(H,15,16). The fourth-order valence-corrected chi connectivity index (χ4v) is 2.30. The number of benzene rings is 1. The van der Waals surface area contributed by atoms with Crippen LogP contribution in [0.25, 0.3) is 10.4 Å². The predicted molar refractivity (Wildman–Crippen MR) is 61.4 cm³/mol. The zero-order chi connectivity index (χ0) is 12.6. The molecule has 17 heavy (non-hydrogen) atoms. The number of aromatic carboxylic acids is 1. The lowest BCUT2D eigenvalue weighted by Crippen LogP contribution is -1.92. The van der Waals surface area contributed by atoms with E-state index in [1.54, 1.807) is 0 Å². The van der Waals surface area contributed by atoms with E-state index < -0.39 is 17.6 Å². The highest BCUT2D eigenvalue weighted by molar-refractivity contribution is 7.17. The quantitative estimate of drug-likeness (QED) is 0.887. The summed E-state index contributed by atoms with van der Waals surface area (Å²) in [4.78, 5) is 11.2. The van der Waals surface area contributed by atoms with Crippen molar-refractivity contribution in [1.82, 2.24) is 0 Å². The van der Waals surface area contributed by atoms with E-state index in [0.717, 1.165) is 11.3 Å². The highest BCUT2D eigenvalue weighted by Gasteiger charge is 2.15. The molecule has 2 nitrogen and oxygen atoms in total. The second kappa shape index (κ2) is 4.25. The molecule has 1 N–H and O–H groups in total. The van der Waals surface area contributed by atoms with Gasteiger partial charge in [0.05, 0.1) is 0 Å². The Hall–Kier alpha value is -1.75. The molecule has 2 aromatic rings. The van der Waals surface area contributed by atoms with E-state index in [4.69, 9.17) is 5.11 Å². The van der Waals surface area contributed by atoms with E-state index in [1.165, 1.54) is 31.2 Å². The number of hydrogen-bond donors (Lipinski definition) is 1. The Bertz CT molecular complexity index is 590. The molecule has 0 aliphatic carbocycles. The normalized spacial score (nSPS) is 10.5. The van der Waals surface area contributed by atoms with Crippen molar-refractivity contribution in [2.75, 3.05) is 0 Å². The van der Waals surface area contributed by atoms with Crippen molar-refractivity contribution < 1.29 is 18.7 Å². The second-order valence-electron chi connectivity index (χ2n) is 3.53. The van der Waals surface area contributed by atoms with Crippen LogP contribution in [0.4, 0.5) is 8.78 Å². The summed E-state index contributed by atoms with van der Waals surface area (Å²) in [5.74, 6) is -2.91. The molecule has 0 saturated carbocycles. The Labute approximate surface area is 100 Å². The molecule has 0 radical (unpaired) electrons. The van der Waals surface area contributed by atoms with Gasteiger partial charge in [0, 0.05) is 10.4 Å². The lowest BCUT2D eigenvalue weighted by molar-refractivity contribution is 0.0702. The molecule has 88 valence electrons. The van der Waals surface area contributed by atoms with Crippen LogP contribution in [-0.2, 0) is 0 Å². The van der Waals surface area contributed by atoms with Crippen molar-refractivity contribution in [2.45, 2.75) is 6.92 Å². The van der Waals surface area contributed by atoms with Crippen molar-refractivity contribution in [3.63, 3.8) is 0 Å². The molecular weight excluding hydrogens is 246 g/mol. The van der Waals surface area contributed by atoms with Crippen LogP contribution in [0.5, 0.6) is 0 Å². The maximum absolute atomic E-state index is 13.6. The molecule has 0 spiro atoms. The summed E-state index contributed by atoms with van der Waals surface area (Å²) >= 11 is 0.917. The summed E-state index contributed by atoms with van der Waals surface area (Å²) in [6.07, 6.45) is 0. The van der Waals surface area contributed by atoms with Crippen molar-refractivity contribution in [1.29, 1.82) is 0 Å². The minimum atomic E-state index is -1.07. The average molecular weight is 254 g/mol. The first-order valence-corrected chi connectivity index (χ1v) is 5.60. The molecule has 2 rings (SSSR count). The second-order valence-corrected chi connectivity index (χ2v) is 4.61. The highest BCUT2D eigenvalue weighted by atomic mass is 32.1. The average Bonchev–Trinajstić information content (AvgIpc) is 2.75. The maximum atomic E-state index is 13.6. The number of carboxylic acid groups (broad SMARTS) is 1. The van der Waals surface area contributed by atoms with Gasteiger partial charge in [0.15, 0.2) is 11.6 Å². The predicted octanol–water partition coefficient (Wildman–Crippen LogP) is 3.70. The van der Waals surface area contributed by atoms with Crippen molar-refractivity contribution in [2.24, 2.45) is 0 Å². The first-order chi connectivity index (χ1) is 8.00. The third-order valence-corrected chi connectivity index (χ3v) is 3.46. The summed E-state index contributed by atoms with van der Waals surface area (Å²) in [5, 5.41) is 8.76. The van der Waals surface area contributed by atoms with Gasteiger partial charge in [0.2, 0.25) is 0 Å². The number of hydrogen-bond acceptors (Lipinski definition) is 2. The zero-order valence-corrected chi connectivity index (χ0v) is 9.65. The van der Waals surface area contributed by atoms with Crippen LogP contribution in [0.3, 0.4) is 0 Å². The van der Waals surface area contributed by atoms with Gasteiger partial charge in [-0.2, -0.15) is 0 Å². The van der Waals surface area contributed by atoms with Crippen LogP contribution < -0.4 is 0 Å². The van der Waals surface area contributed by atoms with Crippen molar-refractivity contribution >= 4 is 17.3 Å². The Balaban J connectivity index is 2.53. The smallest absolute Gasteiger partial charge is 0.345 e. The van der Waals surface area contributed by atoms with Crippen molar-refractivity contribution in [3.8, 4) is 10.4 Å². The minimum absolute atomic E-state index is 0.0885. The van der Waals surface area contributed by atoms with E-state index in [1.807, 2.05) is 0 Å². The SMILES string of the molecule is Cc1ccc(-c2ccc(C(=O)O)s2)c(F)c1F. The summed E-state index contributed by atoms with van der Waals surface area (Å²) in [7, 11) is 0. The van der Waals surface area contributed by atoms with Gasteiger partial charge < -0.3 is 5.11 Å². The first kappa shape index (κ1) is 11.7. The van der Waals surface area contributed by atoms with E-state index >= 15 is 0 Å². The Morgan fingerprint density at radius 1 is 1.18 bits per heavy atom. The molecule has 1 heterocycles. The first-order valence-electron chi connectivity index (χ1n) is 4.79. The molecular formula is C12H8F2O2S. The van der Waals surface area contributed by atoms with Gasteiger partial charge in [-0.05, 0) is 24.6 Å². The van der Waals surface area contributed by atoms with E-state index in [-0.39, 0.29) is 16.0 Å². The highest BCUT2D eigenvalue weighted by Crippen LogP contribution is 2.31. The number of aryl methyl sites for hydroxylation is 1. The Kier molecular flexibility index (Phi) is 2.93. The molecule has 0 aliphatic rings. The van der Waals surface area contributed by atoms with Crippen molar-refractivity contribution in [3.05, 3.63) is 46.3 Å². The third-order valence-electron chi connectivity index (χ3n) is 2.36. The van der Waals surface area contributed by atoms with E-state index in [2.05, 4.69) is 0 Å². The monoisotopic (exact) mass is 254 g/mol. The van der Waals surface area contributed by atoms with Crippen LogP contribution in [0.15, 0.2) is 24.3 Å². The van der Waals surface area contributed by atoms with E-state index in [0.29, 0.717) is 4.88 Å². The molecule has 0 saturated heterocycles. The molecule has 1 aromatic heterocycles. The molecule has 0 bridgehead atoms. The largest absolute Gasteiger partial charge is 0.477 e. The Morgan fingerprint density at radius 3 is 2.47 bits per heavy atom. The van der Waals surface area contributed by atoms with Crippen LogP contribution in [0.2, 0.25) is 0 Å². The summed E-state index contributed by atoms with van der Waals surface area (Å²) in [6.45, 7) is 1.47. The molecule has 0 unspecified atom stereocenters. The summed E-state index contributed by atoms with van der Waals surface area (Å²) in [5.41, 5.74) is 0.312. The number of thiophene rings is 1. The zero-order valence-electron chi connectivity index (χ0n) is 8.83. The van der Waals surface area contributed by atoms with Crippen LogP contribution >= 0.6 is 11.3 Å². The van der Waals surface area contributed by atoms with Gasteiger partial charge in [-0.3, -0.25) is 0 Å². The molecule has 0 aliphatic heterocycles. The molecule has 1 aromatic carbocycles. The number of carbonyl (C=O) groups is 1. The number of rotatable bonds is 2. The van der Waals surface area contributed by atoms with Gasteiger partial charge in [0.25, 0.3) is 0 Å². The topological polar surface area (TPSA) is 37.3 Å². The van der Waals surface area contributed by atoms with Gasteiger partial charge >= 0.3 is 5.97 Å². The van der Waals surface area contributed by atoms with Crippen LogP contribution in [0, 0.1) is 18.6 Å². The van der Waals surface area contributed by atoms with Gasteiger partial charge in [-0.1, -0.05) is 12.1 Å². The summed E-state index contributed by atoms with van der Waals surface area (Å²) in [6, 6.07) is 5.76. The van der Waals surface area contributed by atoms with Crippen LogP contribution in [-0.4, -0.2) is 11.1 Å². The molecule has 5 heteroatoms. The molecule has 0 atom stereocenters. The third kappa shape index (κ3) is 2.06. The minimum Gasteiger partial charge on any atom is -0.477 e. The fourth-order valence-electron chi connectivity index (χ4n) is 1.43. The van der Waals surface area contributed by atoms with Gasteiger partial charge in [-0.25, -0.2) is 13.6 Å². The van der Waals surface area contributed by atoms with Gasteiger partial charge in [0.1, 0.15) is 4.88 Å². The van der Waals surface area contributed by atoms with Gasteiger partial charge in [-0.15, -0.1) is 11.3 Å². The lowest BCUT2D eigenvalue weighted by Gasteiger charge is -2.03. The Morgan fingerprint density at radius 2 is 1.88 bits per heavy atom. The van der Waals surface area contributed by atoms with E-state index in [9.17, 15) is 13.6 Å². The number of halogens is 2. The molecule has 0 fully saturated rings. The number of carboxylic acids is 1. The molecule has 0 amide bonds. The summed E-state index contributed by atoms with van der Waals surface area (Å²) < 4.78 is 27.0. The lowest BCUT2D eigenvalue weighted by atomic mass is 10.1. The van der Waals surface area contributed by atoms with Crippen LogP contribution in [0.1, 0.15) is 15.2 Å². The fraction of sp³-hybridized carbons (Fsp3) is 0.0833. The maximum Gasteiger partial charge on any atom is 0.345 e.